The largest absolute Gasteiger partial charge is 0.377 e. The molecular weight excluding hydrogens is 250 g/mol. The van der Waals surface area contributed by atoms with Gasteiger partial charge in [-0.3, -0.25) is 4.98 Å². The number of aryl methyl sites for hydroxylation is 2. The van der Waals surface area contributed by atoms with Gasteiger partial charge in [0.25, 0.3) is 0 Å². The molecule has 1 aromatic rings. The Morgan fingerprint density at radius 2 is 2.10 bits per heavy atom. The molecule has 2 rings (SSSR count). The van der Waals surface area contributed by atoms with E-state index in [9.17, 15) is 0 Å². The predicted octanol–water partition coefficient (Wildman–Crippen LogP) is 3.35. The van der Waals surface area contributed by atoms with E-state index in [1.165, 1.54) is 6.42 Å². The maximum absolute atomic E-state index is 6.02. The Labute approximate surface area is 122 Å². The number of hydrogen-bond acceptors (Lipinski definition) is 4. The Balaban J connectivity index is 2.03. The van der Waals surface area contributed by atoms with Crippen molar-refractivity contribution in [3.8, 4) is 0 Å². The first-order valence-electron chi connectivity index (χ1n) is 7.53. The van der Waals surface area contributed by atoms with Gasteiger partial charge in [0.1, 0.15) is 5.82 Å². The molecule has 0 spiro atoms. The van der Waals surface area contributed by atoms with Crippen LogP contribution in [0.2, 0.25) is 0 Å². The Morgan fingerprint density at radius 3 is 2.80 bits per heavy atom. The zero-order valence-electron chi connectivity index (χ0n) is 13.4. The summed E-state index contributed by atoms with van der Waals surface area (Å²) in [6.45, 7) is 12.5. The highest BCUT2D eigenvalue weighted by atomic mass is 16.5. The Bertz CT molecular complexity index is 454. The minimum absolute atomic E-state index is 0.181. The highest BCUT2D eigenvalue weighted by molar-refractivity contribution is 5.39. The first-order chi connectivity index (χ1) is 9.38. The molecule has 4 nitrogen and oxygen atoms in total. The molecule has 4 heteroatoms. The minimum atomic E-state index is 0.181. The van der Waals surface area contributed by atoms with Crippen molar-refractivity contribution in [2.75, 3.05) is 18.5 Å². The van der Waals surface area contributed by atoms with Crippen LogP contribution in [0.4, 0.5) is 5.82 Å². The lowest BCUT2D eigenvalue weighted by Gasteiger charge is -2.40. The van der Waals surface area contributed by atoms with Gasteiger partial charge in [-0.25, -0.2) is 4.98 Å². The molecule has 2 atom stereocenters. The lowest BCUT2D eigenvalue weighted by atomic mass is 9.78. The summed E-state index contributed by atoms with van der Waals surface area (Å²) in [6, 6.07) is 0. The lowest BCUT2D eigenvalue weighted by molar-refractivity contribution is -0.0814. The molecule has 1 aromatic heterocycles. The van der Waals surface area contributed by atoms with Crippen LogP contribution in [0.3, 0.4) is 0 Å². The summed E-state index contributed by atoms with van der Waals surface area (Å²) < 4.78 is 6.02. The van der Waals surface area contributed by atoms with E-state index in [-0.39, 0.29) is 5.41 Å². The average molecular weight is 277 g/mol. The van der Waals surface area contributed by atoms with Gasteiger partial charge in [-0.15, -0.1) is 0 Å². The number of aromatic nitrogens is 2. The molecule has 2 heterocycles. The second-order valence-electron chi connectivity index (χ2n) is 6.89. The molecule has 0 aromatic carbocycles. The normalized spacial score (nSPS) is 23.6. The quantitative estimate of drug-likeness (QED) is 0.920. The van der Waals surface area contributed by atoms with Crippen LogP contribution in [-0.2, 0) is 4.74 Å². The summed E-state index contributed by atoms with van der Waals surface area (Å²) >= 11 is 0. The Kier molecular flexibility index (Phi) is 4.63. The van der Waals surface area contributed by atoms with Gasteiger partial charge in [-0.1, -0.05) is 20.8 Å². The number of nitrogens with one attached hydrogen (secondary N) is 1. The summed E-state index contributed by atoms with van der Waals surface area (Å²) in [5.74, 6) is 1.44. The first-order valence-corrected chi connectivity index (χ1v) is 7.53. The summed E-state index contributed by atoms with van der Waals surface area (Å²) in [5, 5.41) is 3.47. The van der Waals surface area contributed by atoms with Gasteiger partial charge in [0.05, 0.1) is 17.5 Å². The van der Waals surface area contributed by atoms with E-state index in [0.29, 0.717) is 12.0 Å². The van der Waals surface area contributed by atoms with Gasteiger partial charge >= 0.3 is 0 Å². The van der Waals surface area contributed by atoms with Crippen molar-refractivity contribution in [2.45, 2.75) is 53.6 Å². The second-order valence-corrected chi connectivity index (χ2v) is 6.89. The standard InChI is InChI=1S/C16H27N3O/c1-11-9-17-12(2)15(19-11)18-10-13-7-6-8-20-14(13)16(3,4)5/h9,13-14H,6-8,10H2,1-5H3,(H,18,19). The van der Waals surface area contributed by atoms with Crippen molar-refractivity contribution < 1.29 is 4.74 Å². The van der Waals surface area contributed by atoms with Crippen molar-refractivity contribution in [3.63, 3.8) is 0 Å². The van der Waals surface area contributed by atoms with Crippen LogP contribution in [0.25, 0.3) is 0 Å². The zero-order chi connectivity index (χ0) is 14.8. The van der Waals surface area contributed by atoms with E-state index in [0.717, 1.165) is 36.8 Å². The molecule has 1 fully saturated rings. The van der Waals surface area contributed by atoms with Crippen LogP contribution in [0.5, 0.6) is 0 Å². The van der Waals surface area contributed by atoms with Gasteiger partial charge in [0.15, 0.2) is 0 Å². The molecule has 112 valence electrons. The third-order valence-electron chi connectivity index (χ3n) is 3.91. The smallest absolute Gasteiger partial charge is 0.147 e. The van der Waals surface area contributed by atoms with E-state index >= 15 is 0 Å². The maximum Gasteiger partial charge on any atom is 0.147 e. The van der Waals surface area contributed by atoms with Crippen LogP contribution in [0.15, 0.2) is 6.20 Å². The fourth-order valence-corrected chi connectivity index (χ4v) is 2.94. The molecule has 0 aliphatic carbocycles. The SMILES string of the molecule is Cc1cnc(C)c(NCC2CCCOC2C(C)(C)C)n1. The predicted molar refractivity (Wildman–Crippen MR) is 81.9 cm³/mol. The molecule has 0 saturated carbocycles. The number of rotatable bonds is 3. The summed E-state index contributed by atoms with van der Waals surface area (Å²) in [7, 11) is 0. The van der Waals surface area contributed by atoms with E-state index in [1.807, 2.05) is 20.0 Å². The molecule has 1 aliphatic heterocycles. The van der Waals surface area contributed by atoms with Gasteiger partial charge in [0, 0.05) is 25.3 Å². The molecule has 0 bridgehead atoms. The number of ether oxygens (including phenoxy) is 1. The molecule has 20 heavy (non-hydrogen) atoms. The Hall–Kier alpha value is -1.16. The molecule has 1 saturated heterocycles. The van der Waals surface area contributed by atoms with Crippen LogP contribution < -0.4 is 5.32 Å². The molecule has 1 aliphatic rings. The monoisotopic (exact) mass is 277 g/mol. The van der Waals surface area contributed by atoms with E-state index in [2.05, 4.69) is 36.1 Å². The average Bonchev–Trinajstić information content (AvgIpc) is 2.39. The molecule has 0 amide bonds. The highest BCUT2D eigenvalue weighted by Crippen LogP contribution is 2.34. The van der Waals surface area contributed by atoms with Gasteiger partial charge in [-0.2, -0.15) is 0 Å². The van der Waals surface area contributed by atoms with Gasteiger partial charge < -0.3 is 10.1 Å². The van der Waals surface area contributed by atoms with Crippen molar-refractivity contribution in [2.24, 2.45) is 11.3 Å². The van der Waals surface area contributed by atoms with Crippen molar-refractivity contribution >= 4 is 5.82 Å². The van der Waals surface area contributed by atoms with Crippen LogP contribution in [-0.4, -0.2) is 29.2 Å². The van der Waals surface area contributed by atoms with E-state index in [1.54, 1.807) is 0 Å². The summed E-state index contributed by atoms with van der Waals surface area (Å²) in [6.07, 6.45) is 4.48. The highest BCUT2D eigenvalue weighted by Gasteiger charge is 2.35. The van der Waals surface area contributed by atoms with Crippen molar-refractivity contribution in [1.29, 1.82) is 0 Å². The zero-order valence-corrected chi connectivity index (χ0v) is 13.4. The fraction of sp³-hybridized carbons (Fsp3) is 0.750. The molecule has 1 N–H and O–H groups in total. The van der Waals surface area contributed by atoms with E-state index < -0.39 is 0 Å². The van der Waals surface area contributed by atoms with E-state index in [4.69, 9.17) is 4.74 Å². The van der Waals surface area contributed by atoms with Crippen LogP contribution in [0.1, 0.15) is 45.0 Å². The number of nitrogens with zero attached hydrogens (tertiary/aromatic N) is 2. The minimum Gasteiger partial charge on any atom is -0.377 e. The summed E-state index contributed by atoms with van der Waals surface area (Å²) in [5.41, 5.74) is 2.09. The molecular formula is C16H27N3O. The Morgan fingerprint density at radius 1 is 1.35 bits per heavy atom. The van der Waals surface area contributed by atoms with Gasteiger partial charge in [0.2, 0.25) is 0 Å². The van der Waals surface area contributed by atoms with Crippen LogP contribution in [0, 0.1) is 25.2 Å². The fourth-order valence-electron chi connectivity index (χ4n) is 2.94. The van der Waals surface area contributed by atoms with Gasteiger partial charge in [-0.05, 0) is 32.1 Å². The topological polar surface area (TPSA) is 47.0 Å². The number of hydrogen-bond donors (Lipinski definition) is 1. The van der Waals surface area contributed by atoms with Crippen LogP contribution >= 0.6 is 0 Å². The maximum atomic E-state index is 6.02. The first kappa shape index (κ1) is 15.2. The third-order valence-corrected chi connectivity index (χ3v) is 3.91. The molecule has 2 unspecified atom stereocenters. The number of anilines is 1. The molecule has 0 radical (unpaired) electrons. The van der Waals surface area contributed by atoms with Crippen molar-refractivity contribution in [3.05, 3.63) is 17.6 Å². The third kappa shape index (κ3) is 3.69. The summed E-state index contributed by atoms with van der Waals surface area (Å²) in [4.78, 5) is 8.88. The van der Waals surface area contributed by atoms with Crippen molar-refractivity contribution in [1.82, 2.24) is 9.97 Å². The lowest BCUT2D eigenvalue weighted by Crippen LogP contribution is -2.42. The second kappa shape index (κ2) is 6.08.